The zero-order chi connectivity index (χ0) is 26.1. The Balaban J connectivity index is 2.04. The predicted octanol–water partition coefficient (Wildman–Crippen LogP) is 1.84. The predicted molar refractivity (Wildman–Crippen MR) is 128 cm³/mol. The maximum atomic E-state index is 13.9. The monoisotopic (exact) mass is 533 g/mol. The molecule has 35 heavy (non-hydrogen) atoms. The summed E-state index contributed by atoms with van der Waals surface area (Å²) >= 11 is 0. The number of halogens is 2. The molecule has 0 aliphatic carbocycles. The highest BCUT2D eigenvalue weighted by molar-refractivity contribution is 7.89. The lowest BCUT2D eigenvalue weighted by molar-refractivity contribution is -0.122. The van der Waals surface area contributed by atoms with Crippen LogP contribution in [0.3, 0.4) is 0 Å². The van der Waals surface area contributed by atoms with Gasteiger partial charge in [0.25, 0.3) is 0 Å². The number of carbonyl (C=O) groups excluding carboxylic acids is 1. The van der Waals surface area contributed by atoms with Gasteiger partial charge in [-0.25, -0.2) is 13.1 Å². The molecule has 0 saturated carbocycles. The number of sulfonamides is 1. The first-order valence-electron chi connectivity index (χ1n) is 10.9. The van der Waals surface area contributed by atoms with Gasteiger partial charge in [-0.3, -0.25) is 9.36 Å². The van der Waals surface area contributed by atoms with Gasteiger partial charge < -0.3 is 20.8 Å². The van der Waals surface area contributed by atoms with Gasteiger partial charge in [-0.2, -0.15) is 8.78 Å². The average Bonchev–Trinajstić information content (AvgIpc) is 2.78. The number of aryl methyl sites for hydroxylation is 1. The van der Waals surface area contributed by atoms with Crippen LogP contribution in [0.25, 0.3) is 0 Å². The van der Waals surface area contributed by atoms with Crippen LogP contribution in [0.15, 0.2) is 54.6 Å². The first-order valence-corrected chi connectivity index (χ1v) is 14.2. The van der Waals surface area contributed by atoms with Crippen LogP contribution in [-0.2, 0) is 37.9 Å². The summed E-state index contributed by atoms with van der Waals surface area (Å²) in [5.74, 6) is -0.990. The maximum absolute atomic E-state index is 13.9. The van der Waals surface area contributed by atoms with Crippen molar-refractivity contribution in [1.29, 1.82) is 0 Å². The van der Waals surface area contributed by atoms with E-state index in [1.807, 2.05) is 30.3 Å². The van der Waals surface area contributed by atoms with Crippen molar-refractivity contribution in [2.24, 2.45) is 5.73 Å². The molecule has 2 aromatic rings. The summed E-state index contributed by atoms with van der Waals surface area (Å²) < 4.78 is 65.5. The zero-order valence-corrected chi connectivity index (χ0v) is 20.7. The normalized spacial score (nSPS) is 13.4. The SMILES string of the molecule is NCCS(=O)(=O)NC(Cc1ccc(C(F)(F)P(=O)(O)O)cc1)C(=O)NCCCCc1ccccc1. The number of nitrogens with one attached hydrogen (secondary N) is 2. The minimum Gasteiger partial charge on any atom is -0.355 e. The summed E-state index contributed by atoms with van der Waals surface area (Å²) in [6.07, 6.45) is 2.13. The van der Waals surface area contributed by atoms with Gasteiger partial charge in [0.15, 0.2) is 0 Å². The Morgan fingerprint density at radius 3 is 2.23 bits per heavy atom. The van der Waals surface area contributed by atoms with E-state index in [9.17, 15) is 26.6 Å². The lowest BCUT2D eigenvalue weighted by Gasteiger charge is -2.20. The number of carbonyl (C=O) groups is 1. The fraction of sp³-hybridized carbons (Fsp3) is 0.409. The summed E-state index contributed by atoms with van der Waals surface area (Å²) in [4.78, 5) is 30.5. The van der Waals surface area contributed by atoms with E-state index in [0.29, 0.717) is 18.5 Å². The van der Waals surface area contributed by atoms with Crippen molar-refractivity contribution in [3.63, 3.8) is 0 Å². The molecule has 1 amide bonds. The number of unbranched alkanes of at least 4 members (excludes halogenated alkanes) is 1. The average molecular weight is 534 g/mol. The van der Waals surface area contributed by atoms with Crippen LogP contribution >= 0.6 is 7.60 Å². The van der Waals surface area contributed by atoms with Gasteiger partial charge in [0.2, 0.25) is 15.9 Å². The Labute approximate surface area is 203 Å². The third-order valence-electron chi connectivity index (χ3n) is 5.17. The second-order valence-electron chi connectivity index (χ2n) is 8.00. The Hall–Kier alpha value is -2.21. The van der Waals surface area contributed by atoms with E-state index < -0.39 is 46.5 Å². The molecule has 0 aliphatic heterocycles. The van der Waals surface area contributed by atoms with E-state index in [1.54, 1.807) is 0 Å². The van der Waals surface area contributed by atoms with Gasteiger partial charge in [0.05, 0.1) is 5.75 Å². The van der Waals surface area contributed by atoms with E-state index in [-0.39, 0.29) is 13.0 Å². The molecule has 1 atom stereocenters. The summed E-state index contributed by atoms with van der Waals surface area (Å²) in [7, 11) is -9.60. The highest BCUT2D eigenvalue weighted by Crippen LogP contribution is 2.59. The van der Waals surface area contributed by atoms with E-state index in [1.165, 1.54) is 5.56 Å². The highest BCUT2D eigenvalue weighted by Gasteiger charge is 2.50. The Morgan fingerprint density at radius 1 is 1.03 bits per heavy atom. The van der Waals surface area contributed by atoms with Crippen LogP contribution in [0.4, 0.5) is 8.78 Å². The van der Waals surface area contributed by atoms with Crippen LogP contribution in [0, 0.1) is 0 Å². The third kappa shape index (κ3) is 9.06. The molecule has 6 N–H and O–H groups in total. The van der Waals surface area contributed by atoms with Crippen molar-refractivity contribution < 1.29 is 36.3 Å². The summed E-state index contributed by atoms with van der Waals surface area (Å²) in [5, 5.41) is 2.69. The van der Waals surface area contributed by atoms with Crippen molar-refractivity contribution in [2.45, 2.75) is 37.4 Å². The molecular formula is C22H30F2N3O6PS. The van der Waals surface area contributed by atoms with E-state index in [4.69, 9.17) is 15.5 Å². The zero-order valence-electron chi connectivity index (χ0n) is 18.9. The first-order chi connectivity index (χ1) is 16.4. The minimum absolute atomic E-state index is 0.157. The van der Waals surface area contributed by atoms with Gasteiger partial charge in [-0.1, -0.05) is 54.6 Å². The summed E-state index contributed by atoms with van der Waals surface area (Å²) in [5.41, 5.74) is 1.54. The lowest BCUT2D eigenvalue weighted by atomic mass is 10.0. The van der Waals surface area contributed by atoms with E-state index >= 15 is 0 Å². The Morgan fingerprint density at radius 2 is 1.66 bits per heavy atom. The molecule has 0 radical (unpaired) electrons. The standard InChI is InChI=1S/C22H30F2N3O6PS/c23-22(24,34(29,30)31)19-11-9-18(10-12-19)16-20(27-35(32,33)15-13-25)21(28)26-14-5-4-8-17-6-2-1-3-7-17/h1-3,6-7,9-12,20,27H,4-5,8,13-16,25H2,(H,26,28)(H2,29,30,31). The van der Waals surface area contributed by atoms with Crippen molar-refractivity contribution in [2.75, 3.05) is 18.8 Å². The molecule has 0 aliphatic rings. The molecule has 0 saturated heterocycles. The summed E-state index contributed by atoms with van der Waals surface area (Å²) in [6.45, 7) is 0.156. The van der Waals surface area contributed by atoms with Gasteiger partial charge in [-0.05, 0) is 36.8 Å². The summed E-state index contributed by atoms with van der Waals surface area (Å²) in [6, 6.07) is 12.6. The number of amides is 1. The lowest BCUT2D eigenvalue weighted by Crippen LogP contribution is -2.49. The fourth-order valence-corrected chi connectivity index (χ4v) is 4.83. The molecule has 9 nitrogen and oxygen atoms in total. The Bertz CT molecular complexity index is 1110. The van der Waals surface area contributed by atoms with Gasteiger partial charge in [-0.15, -0.1) is 0 Å². The van der Waals surface area contributed by atoms with Gasteiger partial charge in [0, 0.05) is 18.7 Å². The van der Waals surface area contributed by atoms with Crippen LogP contribution < -0.4 is 15.8 Å². The van der Waals surface area contributed by atoms with Crippen molar-refractivity contribution >= 4 is 23.5 Å². The maximum Gasteiger partial charge on any atom is 0.399 e. The molecule has 2 rings (SSSR count). The topological polar surface area (TPSA) is 159 Å². The quantitative estimate of drug-likeness (QED) is 0.183. The highest BCUT2D eigenvalue weighted by atomic mass is 32.2. The van der Waals surface area contributed by atoms with Gasteiger partial charge >= 0.3 is 13.3 Å². The number of hydrogen-bond donors (Lipinski definition) is 5. The molecule has 0 aromatic heterocycles. The smallest absolute Gasteiger partial charge is 0.355 e. The molecule has 194 valence electrons. The van der Waals surface area contributed by atoms with Crippen LogP contribution in [0.5, 0.6) is 0 Å². The molecular weight excluding hydrogens is 503 g/mol. The van der Waals surface area contributed by atoms with Crippen molar-refractivity contribution in [1.82, 2.24) is 10.0 Å². The number of benzene rings is 2. The van der Waals surface area contributed by atoms with Crippen LogP contribution in [0.2, 0.25) is 0 Å². The van der Waals surface area contributed by atoms with Crippen molar-refractivity contribution in [3.8, 4) is 0 Å². The third-order valence-corrected chi connectivity index (χ3v) is 7.57. The molecule has 0 fully saturated rings. The molecule has 13 heteroatoms. The van der Waals surface area contributed by atoms with Crippen molar-refractivity contribution in [3.05, 3.63) is 71.3 Å². The van der Waals surface area contributed by atoms with Gasteiger partial charge in [0.1, 0.15) is 6.04 Å². The fourth-order valence-electron chi connectivity index (χ4n) is 3.30. The van der Waals surface area contributed by atoms with E-state index in [0.717, 1.165) is 37.1 Å². The number of nitrogens with two attached hydrogens (primary N) is 1. The number of alkyl halides is 2. The molecule has 0 bridgehead atoms. The first kappa shape index (κ1) is 29.0. The molecule has 2 aromatic carbocycles. The number of rotatable bonds is 14. The largest absolute Gasteiger partial charge is 0.399 e. The van der Waals surface area contributed by atoms with E-state index in [2.05, 4.69) is 10.0 Å². The van der Waals surface area contributed by atoms with Crippen LogP contribution in [0.1, 0.15) is 29.5 Å². The minimum atomic E-state index is -5.72. The molecule has 0 heterocycles. The Kier molecular flexibility index (Phi) is 10.5. The molecule has 0 spiro atoms. The number of hydrogen-bond acceptors (Lipinski definition) is 5. The molecule has 1 unspecified atom stereocenters. The second-order valence-corrected chi connectivity index (χ2v) is 11.5. The van der Waals surface area contributed by atoms with Crippen LogP contribution in [-0.4, -0.2) is 49.0 Å². The second kappa shape index (κ2) is 12.7.